The molecule has 1 aromatic heterocycles. The second-order valence-electron chi connectivity index (χ2n) is 3.88. The molecular formula is C12H12Cl3N3. The Balaban J connectivity index is 2.13. The largest absolute Gasteiger partial charge is 0.301 e. The molecule has 0 radical (unpaired) electrons. The van der Waals surface area contributed by atoms with E-state index >= 15 is 0 Å². The van der Waals surface area contributed by atoms with Crippen molar-refractivity contribution in [1.82, 2.24) is 14.8 Å². The molecule has 0 saturated carbocycles. The third kappa shape index (κ3) is 2.97. The van der Waals surface area contributed by atoms with Crippen LogP contribution in [0, 0.1) is 0 Å². The summed E-state index contributed by atoms with van der Waals surface area (Å²) in [6.45, 7) is 2.72. The predicted molar refractivity (Wildman–Crippen MR) is 74.6 cm³/mol. The molecule has 0 aliphatic heterocycles. The lowest BCUT2D eigenvalue weighted by Gasteiger charge is -2.08. The van der Waals surface area contributed by atoms with Crippen molar-refractivity contribution in [3.05, 3.63) is 44.9 Å². The van der Waals surface area contributed by atoms with Gasteiger partial charge >= 0.3 is 0 Å². The first-order chi connectivity index (χ1) is 8.61. The molecule has 0 atom stereocenters. The van der Waals surface area contributed by atoms with Gasteiger partial charge in [-0.1, -0.05) is 36.2 Å². The van der Waals surface area contributed by atoms with Crippen LogP contribution in [0.2, 0.25) is 15.3 Å². The average Bonchev–Trinajstić information content (AvgIpc) is 2.69. The minimum Gasteiger partial charge on any atom is -0.301 e. The summed E-state index contributed by atoms with van der Waals surface area (Å²) in [5, 5.41) is 9.59. The van der Waals surface area contributed by atoms with Gasteiger partial charge in [0.2, 0.25) is 5.28 Å². The van der Waals surface area contributed by atoms with E-state index in [1.54, 1.807) is 6.07 Å². The SMILES string of the molecule is CCc1nnc(Cl)n1CCc1ccc(Cl)cc1Cl. The molecular weight excluding hydrogens is 293 g/mol. The monoisotopic (exact) mass is 303 g/mol. The zero-order valence-corrected chi connectivity index (χ0v) is 12.1. The summed E-state index contributed by atoms with van der Waals surface area (Å²) < 4.78 is 1.90. The highest BCUT2D eigenvalue weighted by molar-refractivity contribution is 6.35. The van der Waals surface area contributed by atoms with Gasteiger partial charge in [0.05, 0.1) is 0 Å². The number of aromatic nitrogens is 3. The third-order valence-corrected chi connectivity index (χ3v) is 3.58. The topological polar surface area (TPSA) is 30.7 Å². The van der Waals surface area contributed by atoms with Gasteiger partial charge in [-0.15, -0.1) is 10.2 Å². The lowest BCUT2D eigenvalue weighted by Crippen LogP contribution is -2.06. The van der Waals surface area contributed by atoms with Crippen molar-refractivity contribution < 1.29 is 0 Å². The van der Waals surface area contributed by atoms with Crippen LogP contribution < -0.4 is 0 Å². The van der Waals surface area contributed by atoms with Crippen molar-refractivity contribution in [2.24, 2.45) is 0 Å². The van der Waals surface area contributed by atoms with Crippen molar-refractivity contribution in [2.45, 2.75) is 26.3 Å². The quantitative estimate of drug-likeness (QED) is 0.853. The summed E-state index contributed by atoms with van der Waals surface area (Å²) in [7, 11) is 0. The fourth-order valence-corrected chi connectivity index (χ4v) is 2.48. The van der Waals surface area contributed by atoms with E-state index in [1.807, 2.05) is 23.6 Å². The molecule has 0 bridgehead atoms. The Morgan fingerprint density at radius 2 is 1.94 bits per heavy atom. The van der Waals surface area contributed by atoms with Gasteiger partial charge in [0, 0.05) is 23.0 Å². The number of aryl methyl sites for hydroxylation is 2. The zero-order chi connectivity index (χ0) is 13.1. The second kappa shape index (κ2) is 5.91. The molecule has 3 nitrogen and oxygen atoms in total. The number of benzene rings is 1. The summed E-state index contributed by atoms with van der Waals surface area (Å²) in [5.74, 6) is 0.880. The summed E-state index contributed by atoms with van der Waals surface area (Å²) >= 11 is 18.0. The Morgan fingerprint density at radius 3 is 2.61 bits per heavy atom. The van der Waals surface area contributed by atoms with Gasteiger partial charge in [-0.3, -0.25) is 0 Å². The highest BCUT2D eigenvalue weighted by Gasteiger charge is 2.09. The van der Waals surface area contributed by atoms with Crippen LogP contribution >= 0.6 is 34.8 Å². The first kappa shape index (κ1) is 13.7. The molecule has 1 heterocycles. The fourth-order valence-electron chi connectivity index (χ4n) is 1.75. The van der Waals surface area contributed by atoms with E-state index < -0.39 is 0 Å². The van der Waals surface area contributed by atoms with E-state index in [2.05, 4.69) is 10.2 Å². The first-order valence-electron chi connectivity index (χ1n) is 5.63. The highest BCUT2D eigenvalue weighted by Crippen LogP contribution is 2.22. The molecule has 2 rings (SSSR count). The van der Waals surface area contributed by atoms with E-state index in [-0.39, 0.29) is 0 Å². The van der Waals surface area contributed by atoms with Gasteiger partial charge in [-0.05, 0) is 35.7 Å². The van der Waals surface area contributed by atoms with E-state index in [1.165, 1.54) is 0 Å². The number of halogens is 3. The van der Waals surface area contributed by atoms with E-state index in [0.29, 0.717) is 21.9 Å². The van der Waals surface area contributed by atoms with Crippen molar-refractivity contribution in [3.63, 3.8) is 0 Å². The van der Waals surface area contributed by atoms with Crippen LogP contribution in [0.4, 0.5) is 0 Å². The molecule has 6 heteroatoms. The van der Waals surface area contributed by atoms with Crippen molar-refractivity contribution in [3.8, 4) is 0 Å². The Bertz CT molecular complexity index is 551. The van der Waals surface area contributed by atoms with Crippen molar-refractivity contribution in [2.75, 3.05) is 0 Å². The lowest BCUT2D eigenvalue weighted by atomic mass is 10.1. The molecule has 2 aromatic rings. The molecule has 0 fully saturated rings. The van der Waals surface area contributed by atoms with Crippen LogP contribution in [-0.2, 0) is 19.4 Å². The van der Waals surface area contributed by atoms with E-state index in [0.717, 1.165) is 24.2 Å². The first-order valence-corrected chi connectivity index (χ1v) is 6.76. The standard InChI is InChI=1S/C12H12Cl3N3/c1-2-11-16-17-12(15)18(11)6-5-8-3-4-9(13)7-10(8)14/h3-4,7H,2,5-6H2,1H3. The van der Waals surface area contributed by atoms with Crippen LogP contribution in [0.15, 0.2) is 18.2 Å². The van der Waals surface area contributed by atoms with Gasteiger partial charge in [-0.2, -0.15) is 0 Å². The van der Waals surface area contributed by atoms with Gasteiger partial charge in [0.15, 0.2) is 0 Å². The van der Waals surface area contributed by atoms with Crippen LogP contribution in [0.25, 0.3) is 0 Å². The van der Waals surface area contributed by atoms with Crippen LogP contribution in [0.1, 0.15) is 18.3 Å². The van der Waals surface area contributed by atoms with Crippen LogP contribution in [0.3, 0.4) is 0 Å². The van der Waals surface area contributed by atoms with E-state index in [9.17, 15) is 0 Å². The predicted octanol–water partition coefficient (Wildman–Crippen LogP) is 4.04. The molecule has 96 valence electrons. The minimum atomic E-state index is 0.414. The molecule has 0 N–H and O–H groups in total. The maximum Gasteiger partial charge on any atom is 0.225 e. The number of hydrogen-bond donors (Lipinski definition) is 0. The molecule has 0 saturated heterocycles. The van der Waals surface area contributed by atoms with Crippen LogP contribution in [-0.4, -0.2) is 14.8 Å². The Labute approximate surface area is 121 Å². The molecule has 0 unspecified atom stereocenters. The van der Waals surface area contributed by atoms with Gasteiger partial charge < -0.3 is 4.57 Å². The number of hydrogen-bond acceptors (Lipinski definition) is 2. The number of nitrogens with zero attached hydrogens (tertiary/aromatic N) is 3. The molecule has 18 heavy (non-hydrogen) atoms. The van der Waals surface area contributed by atoms with Gasteiger partial charge in [-0.25, -0.2) is 0 Å². The molecule has 0 spiro atoms. The smallest absolute Gasteiger partial charge is 0.225 e. The normalized spacial score (nSPS) is 10.9. The Kier molecular flexibility index (Phi) is 4.49. The highest BCUT2D eigenvalue weighted by atomic mass is 35.5. The van der Waals surface area contributed by atoms with Crippen LogP contribution in [0.5, 0.6) is 0 Å². The second-order valence-corrected chi connectivity index (χ2v) is 5.06. The minimum absolute atomic E-state index is 0.414. The third-order valence-electron chi connectivity index (χ3n) is 2.72. The number of rotatable bonds is 4. The molecule has 0 aliphatic rings. The lowest BCUT2D eigenvalue weighted by molar-refractivity contribution is 0.656. The van der Waals surface area contributed by atoms with E-state index in [4.69, 9.17) is 34.8 Å². The zero-order valence-electron chi connectivity index (χ0n) is 9.83. The maximum atomic E-state index is 6.13. The fraction of sp³-hybridized carbons (Fsp3) is 0.333. The molecule has 1 aromatic carbocycles. The average molecular weight is 305 g/mol. The van der Waals surface area contributed by atoms with Gasteiger partial charge in [0.25, 0.3) is 0 Å². The van der Waals surface area contributed by atoms with Gasteiger partial charge in [0.1, 0.15) is 5.82 Å². The summed E-state index contributed by atoms with van der Waals surface area (Å²) in [5.41, 5.74) is 1.04. The molecule has 0 aliphatic carbocycles. The summed E-state index contributed by atoms with van der Waals surface area (Å²) in [6, 6.07) is 5.50. The Morgan fingerprint density at radius 1 is 1.17 bits per heavy atom. The summed E-state index contributed by atoms with van der Waals surface area (Å²) in [4.78, 5) is 0. The maximum absolute atomic E-state index is 6.13. The Hall–Kier alpha value is -0.770. The summed E-state index contributed by atoms with van der Waals surface area (Å²) in [6.07, 6.45) is 1.56. The van der Waals surface area contributed by atoms with Crippen molar-refractivity contribution >= 4 is 34.8 Å². The molecule has 0 amide bonds. The van der Waals surface area contributed by atoms with Crippen molar-refractivity contribution in [1.29, 1.82) is 0 Å².